The summed E-state index contributed by atoms with van der Waals surface area (Å²) >= 11 is 0. The molecular formula is C29H34F4N2O2. The molecule has 0 amide bonds. The lowest BCUT2D eigenvalue weighted by Crippen LogP contribution is -2.42. The van der Waals surface area contributed by atoms with Gasteiger partial charge in [-0.2, -0.15) is 0 Å². The van der Waals surface area contributed by atoms with E-state index in [1.165, 1.54) is 0 Å². The molecule has 0 bridgehead atoms. The Hall–Kier alpha value is -2.71. The maximum Gasteiger partial charge on any atom is 0.132 e. The van der Waals surface area contributed by atoms with Gasteiger partial charge in [0, 0.05) is 35.9 Å². The van der Waals surface area contributed by atoms with E-state index >= 15 is 4.39 Å². The number of aromatic nitrogens is 1. The minimum absolute atomic E-state index is 0.0105. The lowest BCUT2D eigenvalue weighted by molar-refractivity contribution is 0.0299. The molecular weight excluding hydrogens is 484 g/mol. The van der Waals surface area contributed by atoms with E-state index in [0.29, 0.717) is 49.3 Å². The fourth-order valence-corrected chi connectivity index (χ4v) is 5.44. The van der Waals surface area contributed by atoms with Gasteiger partial charge in [0.25, 0.3) is 0 Å². The minimum atomic E-state index is -1.19. The standard InChI is InChI=1S/C29H34F4N2O2/c1-19-17-34-27-6-5-21(37-2)16-23(27)28(19)24(31)7-8-29(18-36)9-12-35(13-10-29)11-3-4-22-25(32)14-20(30)15-26(22)33/h5-6,14-17,24,36H,3-4,7-13,18H2,1-2H3/t24-/m0/s1. The van der Waals surface area contributed by atoms with Crippen molar-refractivity contribution < 1.29 is 27.4 Å². The van der Waals surface area contributed by atoms with Gasteiger partial charge in [-0.25, -0.2) is 17.6 Å². The Labute approximate surface area is 215 Å². The number of aliphatic hydroxyl groups is 1. The molecule has 37 heavy (non-hydrogen) atoms. The Morgan fingerprint density at radius 1 is 1.11 bits per heavy atom. The van der Waals surface area contributed by atoms with Gasteiger partial charge in [-0.15, -0.1) is 0 Å². The molecule has 4 nitrogen and oxygen atoms in total. The summed E-state index contributed by atoms with van der Waals surface area (Å²) in [7, 11) is 1.58. The van der Waals surface area contributed by atoms with Gasteiger partial charge in [-0.3, -0.25) is 4.98 Å². The van der Waals surface area contributed by atoms with Gasteiger partial charge < -0.3 is 14.7 Å². The SMILES string of the molecule is COc1ccc2ncc(C)c([C@@H](F)CCC3(CO)CCN(CCCc4c(F)cc(F)cc4F)CC3)c2c1. The number of aliphatic hydroxyl groups excluding tert-OH is 1. The van der Waals surface area contributed by atoms with E-state index in [2.05, 4.69) is 9.88 Å². The number of ether oxygens (including phenoxy) is 1. The Bertz CT molecular complexity index is 1200. The first kappa shape index (κ1) is 27.3. The van der Waals surface area contributed by atoms with Gasteiger partial charge in [-0.05, 0) is 99.8 Å². The summed E-state index contributed by atoms with van der Waals surface area (Å²) in [6, 6.07) is 6.87. The molecule has 1 aliphatic heterocycles. The number of methoxy groups -OCH3 is 1. The molecule has 1 fully saturated rings. The summed E-state index contributed by atoms with van der Waals surface area (Å²) in [6.07, 6.45) is 3.51. The van der Waals surface area contributed by atoms with Gasteiger partial charge in [0.05, 0.1) is 12.6 Å². The molecule has 1 N–H and O–H groups in total. The van der Waals surface area contributed by atoms with Gasteiger partial charge in [0.2, 0.25) is 0 Å². The van der Waals surface area contributed by atoms with Crippen molar-refractivity contribution in [2.24, 2.45) is 5.41 Å². The van der Waals surface area contributed by atoms with Crippen LogP contribution < -0.4 is 4.74 Å². The van der Waals surface area contributed by atoms with Crippen LogP contribution in [0.3, 0.4) is 0 Å². The molecule has 0 unspecified atom stereocenters. The molecule has 0 spiro atoms. The van der Waals surface area contributed by atoms with Crippen molar-refractivity contribution in [1.82, 2.24) is 9.88 Å². The Kier molecular flexibility index (Phi) is 8.70. The topological polar surface area (TPSA) is 45.6 Å². The van der Waals surface area contributed by atoms with Crippen LogP contribution in [-0.4, -0.2) is 48.3 Å². The van der Waals surface area contributed by atoms with Gasteiger partial charge in [-0.1, -0.05) is 0 Å². The number of alkyl halides is 1. The van der Waals surface area contributed by atoms with Crippen LogP contribution in [0.4, 0.5) is 17.6 Å². The van der Waals surface area contributed by atoms with Crippen LogP contribution >= 0.6 is 0 Å². The quantitative estimate of drug-likeness (QED) is 0.313. The summed E-state index contributed by atoms with van der Waals surface area (Å²) in [4.78, 5) is 6.62. The molecule has 0 aliphatic carbocycles. The van der Waals surface area contributed by atoms with E-state index in [9.17, 15) is 18.3 Å². The number of piperidine rings is 1. The summed E-state index contributed by atoms with van der Waals surface area (Å²) in [6.45, 7) is 3.94. The highest BCUT2D eigenvalue weighted by molar-refractivity contribution is 5.84. The largest absolute Gasteiger partial charge is 0.497 e. The summed E-state index contributed by atoms with van der Waals surface area (Å²) in [5.41, 5.74) is 1.68. The first-order valence-corrected chi connectivity index (χ1v) is 12.8. The first-order valence-electron chi connectivity index (χ1n) is 12.8. The van der Waals surface area contributed by atoms with Gasteiger partial charge >= 0.3 is 0 Å². The monoisotopic (exact) mass is 518 g/mol. The van der Waals surface area contributed by atoms with Crippen molar-refractivity contribution in [3.05, 3.63) is 70.7 Å². The number of hydrogen-bond donors (Lipinski definition) is 1. The summed E-state index contributed by atoms with van der Waals surface area (Å²) < 4.78 is 61.9. The van der Waals surface area contributed by atoms with E-state index in [4.69, 9.17) is 4.74 Å². The number of aryl methyl sites for hydroxylation is 1. The molecule has 1 aromatic heterocycles. The normalized spacial score (nSPS) is 16.7. The highest BCUT2D eigenvalue weighted by Gasteiger charge is 2.35. The molecule has 1 saturated heterocycles. The zero-order chi connectivity index (χ0) is 26.6. The second-order valence-electron chi connectivity index (χ2n) is 10.2. The smallest absolute Gasteiger partial charge is 0.132 e. The number of nitrogens with zero attached hydrogens (tertiary/aromatic N) is 2. The molecule has 4 rings (SSSR count). The molecule has 0 saturated carbocycles. The molecule has 3 aromatic rings. The Morgan fingerprint density at radius 2 is 1.81 bits per heavy atom. The molecule has 2 aromatic carbocycles. The molecule has 1 aliphatic rings. The van der Waals surface area contributed by atoms with Crippen LogP contribution in [-0.2, 0) is 6.42 Å². The van der Waals surface area contributed by atoms with Crippen LogP contribution in [0.2, 0.25) is 0 Å². The molecule has 0 radical (unpaired) electrons. The zero-order valence-electron chi connectivity index (χ0n) is 21.4. The van der Waals surface area contributed by atoms with Crippen LogP contribution in [0.1, 0.15) is 55.0 Å². The number of pyridine rings is 1. The number of rotatable bonds is 10. The Morgan fingerprint density at radius 3 is 2.46 bits per heavy atom. The van der Waals surface area contributed by atoms with Crippen molar-refractivity contribution in [1.29, 1.82) is 0 Å². The van der Waals surface area contributed by atoms with Crippen molar-refractivity contribution in [2.45, 2.75) is 51.6 Å². The van der Waals surface area contributed by atoms with Crippen LogP contribution in [0.25, 0.3) is 10.9 Å². The average molecular weight is 519 g/mol. The van der Waals surface area contributed by atoms with E-state index in [1.54, 1.807) is 13.3 Å². The van der Waals surface area contributed by atoms with E-state index < -0.39 is 23.6 Å². The predicted molar refractivity (Wildman–Crippen MR) is 136 cm³/mol. The zero-order valence-corrected chi connectivity index (χ0v) is 21.4. The summed E-state index contributed by atoms with van der Waals surface area (Å²) in [5, 5.41) is 11.0. The number of hydrogen-bond acceptors (Lipinski definition) is 4. The number of benzene rings is 2. The van der Waals surface area contributed by atoms with Crippen molar-refractivity contribution in [3.8, 4) is 5.75 Å². The first-order chi connectivity index (χ1) is 17.7. The maximum absolute atomic E-state index is 15.7. The van der Waals surface area contributed by atoms with E-state index in [0.717, 1.165) is 42.4 Å². The average Bonchev–Trinajstić information content (AvgIpc) is 2.89. The lowest BCUT2D eigenvalue weighted by Gasteiger charge is -2.41. The lowest BCUT2D eigenvalue weighted by atomic mass is 9.74. The second kappa shape index (κ2) is 11.8. The third-order valence-corrected chi connectivity index (χ3v) is 7.82. The molecule has 200 valence electrons. The highest BCUT2D eigenvalue weighted by atomic mass is 19.1. The van der Waals surface area contributed by atoms with Gasteiger partial charge in [0.15, 0.2) is 0 Å². The van der Waals surface area contributed by atoms with Crippen molar-refractivity contribution in [2.75, 3.05) is 33.4 Å². The van der Waals surface area contributed by atoms with Gasteiger partial charge in [0.1, 0.15) is 29.4 Å². The molecule has 1 atom stereocenters. The van der Waals surface area contributed by atoms with Crippen LogP contribution in [0, 0.1) is 29.8 Å². The van der Waals surface area contributed by atoms with Crippen molar-refractivity contribution in [3.63, 3.8) is 0 Å². The number of halogens is 4. The Balaban J connectivity index is 1.33. The highest BCUT2D eigenvalue weighted by Crippen LogP contribution is 2.41. The fraction of sp³-hybridized carbons (Fsp3) is 0.483. The minimum Gasteiger partial charge on any atom is -0.497 e. The number of likely N-dealkylation sites (tertiary alicyclic amines) is 1. The molecule has 2 heterocycles. The third kappa shape index (κ3) is 6.24. The van der Waals surface area contributed by atoms with Crippen LogP contribution in [0.15, 0.2) is 36.5 Å². The maximum atomic E-state index is 15.7. The fourth-order valence-electron chi connectivity index (χ4n) is 5.44. The molecule has 8 heteroatoms. The predicted octanol–water partition coefficient (Wildman–Crippen LogP) is 6.47. The summed E-state index contributed by atoms with van der Waals surface area (Å²) in [5.74, 6) is -1.98. The van der Waals surface area contributed by atoms with E-state index in [1.807, 2.05) is 25.1 Å². The third-order valence-electron chi connectivity index (χ3n) is 7.82. The van der Waals surface area contributed by atoms with E-state index in [-0.39, 0.29) is 24.0 Å². The second-order valence-corrected chi connectivity index (χ2v) is 10.2. The van der Waals surface area contributed by atoms with Crippen molar-refractivity contribution >= 4 is 10.9 Å². The number of fused-ring (bicyclic) bond motifs is 1. The van der Waals surface area contributed by atoms with Crippen LogP contribution in [0.5, 0.6) is 5.75 Å².